The Morgan fingerprint density at radius 3 is 2.54 bits per heavy atom. The van der Waals surface area contributed by atoms with Crippen molar-refractivity contribution in [1.29, 1.82) is 0 Å². The Bertz CT molecular complexity index is 496. The zero-order valence-electron chi connectivity index (χ0n) is 15.8. The molecule has 5 heteroatoms. The molecular formula is C19H33N3O2. The van der Waals surface area contributed by atoms with Crippen LogP contribution in [0.3, 0.4) is 0 Å². The summed E-state index contributed by atoms with van der Waals surface area (Å²) in [5, 5.41) is 6.52. The molecule has 0 heterocycles. The highest BCUT2D eigenvalue weighted by molar-refractivity contribution is 5.79. The monoisotopic (exact) mass is 335 g/mol. The molecule has 0 aliphatic heterocycles. The highest BCUT2D eigenvalue weighted by Crippen LogP contribution is 2.13. The summed E-state index contributed by atoms with van der Waals surface area (Å²) in [6.07, 6.45) is 0. The summed E-state index contributed by atoms with van der Waals surface area (Å²) in [5.41, 5.74) is 2.22. The van der Waals surface area contributed by atoms with E-state index in [2.05, 4.69) is 67.6 Å². The van der Waals surface area contributed by atoms with Gasteiger partial charge in [0, 0.05) is 19.7 Å². The third kappa shape index (κ3) is 9.53. The molecule has 0 bridgehead atoms. The van der Waals surface area contributed by atoms with Gasteiger partial charge in [-0.25, -0.2) is 4.99 Å². The average Bonchev–Trinajstić information content (AvgIpc) is 2.54. The molecule has 0 aliphatic carbocycles. The molecule has 0 saturated heterocycles. The van der Waals surface area contributed by atoms with Crippen LogP contribution in [0, 0.1) is 0 Å². The number of nitrogens with one attached hydrogen (secondary N) is 2. The average molecular weight is 335 g/mol. The van der Waals surface area contributed by atoms with Gasteiger partial charge in [-0.1, -0.05) is 24.3 Å². The first-order chi connectivity index (χ1) is 11.4. The van der Waals surface area contributed by atoms with E-state index in [1.165, 1.54) is 11.1 Å². The molecule has 136 valence electrons. The van der Waals surface area contributed by atoms with Crippen LogP contribution in [-0.4, -0.2) is 37.9 Å². The largest absolute Gasteiger partial charge is 0.380 e. The van der Waals surface area contributed by atoms with Crippen LogP contribution in [0.5, 0.6) is 0 Å². The molecule has 24 heavy (non-hydrogen) atoms. The van der Waals surface area contributed by atoms with E-state index in [9.17, 15) is 0 Å². The molecule has 0 atom stereocenters. The molecule has 0 radical (unpaired) electrons. The molecule has 5 nitrogen and oxygen atoms in total. The summed E-state index contributed by atoms with van der Waals surface area (Å²) < 4.78 is 11.2. The molecule has 0 fully saturated rings. The highest BCUT2D eigenvalue weighted by Gasteiger charge is 2.10. The number of hydrogen-bond donors (Lipinski definition) is 2. The minimum absolute atomic E-state index is 0.128. The van der Waals surface area contributed by atoms with Gasteiger partial charge in [0.1, 0.15) is 0 Å². The molecule has 0 spiro atoms. The van der Waals surface area contributed by atoms with Crippen molar-refractivity contribution < 1.29 is 9.47 Å². The molecule has 0 amide bonds. The summed E-state index contributed by atoms with van der Waals surface area (Å²) in [7, 11) is 0. The van der Waals surface area contributed by atoms with Crippen LogP contribution < -0.4 is 10.6 Å². The zero-order valence-corrected chi connectivity index (χ0v) is 15.8. The van der Waals surface area contributed by atoms with Gasteiger partial charge in [0.2, 0.25) is 0 Å². The lowest BCUT2D eigenvalue weighted by molar-refractivity contribution is -0.0149. The Balaban J connectivity index is 2.58. The quantitative estimate of drug-likeness (QED) is 0.414. The molecule has 0 aromatic heterocycles. The lowest BCUT2D eigenvalue weighted by Crippen LogP contribution is -2.39. The van der Waals surface area contributed by atoms with E-state index in [0.29, 0.717) is 19.8 Å². The number of benzene rings is 1. The van der Waals surface area contributed by atoms with Crippen LogP contribution in [0.1, 0.15) is 45.7 Å². The minimum Gasteiger partial charge on any atom is -0.380 e. The predicted octanol–water partition coefficient (Wildman–Crippen LogP) is 3.09. The lowest BCUT2D eigenvalue weighted by atomic mass is 10.1. The van der Waals surface area contributed by atoms with E-state index in [1.54, 1.807) is 0 Å². The molecule has 1 aromatic carbocycles. The van der Waals surface area contributed by atoms with Crippen molar-refractivity contribution in [1.82, 2.24) is 10.6 Å². The first-order valence-corrected chi connectivity index (χ1v) is 8.76. The van der Waals surface area contributed by atoms with E-state index in [4.69, 9.17) is 9.47 Å². The van der Waals surface area contributed by atoms with Crippen LogP contribution in [0.2, 0.25) is 0 Å². The standard InChI is InChI=1S/C19H33N3O2/c1-6-20-18(21-11-12-23-7-2)22-14-16-9-8-10-17(13-16)15-24-19(3,4)5/h8-10,13H,6-7,11-12,14-15H2,1-5H3,(H2,20,21,22). The number of guanidine groups is 1. The maximum Gasteiger partial charge on any atom is 0.191 e. The molecule has 1 rings (SSSR count). The van der Waals surface area contributed by atoms with Gasteiger partial charge in [0.05, 0.1) is 25.4 Å². The van der Waals surface area contributed by atoms with Crippen molar-refractivity contribution in [3.63, 3.8) is 0 Å². The first kappa shape index (κ1) is 20.5. The maximum absolute atomic E-state index is 5.84. The fourth-order valence-electron chi connectivity index (χ4n) is 2.02. The van der Waals surface area contributed by atoms with Crippen LogP contribution in [-0.2, 0) is 22.6 Å². The van der Waals surface area contributed by atoms with E-state index in [0.717, 1.165) is 25.7 Å². The Hall–Kier alpha value is -1.59. The summed E-state index contributed by atoms with van der Waals surface area (Å²) in [6.45, 7) is 14.5. The summed E-state index contributed by atoms with van der Waals surface area (Å²) in [5.74, 6) is 0.813. The SMILES string of the molecule is CCNC(=NCc1cccc(COC(C)(C)C)c1)NCCOCC. The van der Waals surface area contributed by atoms with Crippen molar-refractivity contribution in [3.8, 4) is 0 Å². The van der Waals surface area contributed by atoms with Gasteiger partial charge in [-0.3, -0.25) is 0 Å². The third-order valence-electron chi connectivity index (χ3n) is 3.17. The number of aliphatic imine (C=N–C) groups is 1. The van der Waals surface area contributed by atoms with Crippen LogP contribution in [0.25, 0.3) is 0 Å². The van der Waals surface area contributed by atoms with Gasteiger partial charge in [0.25, 0.3) is 0 Å². The van der Waals surface area contributed by atoms with Gasteiger partial charge in [-0.05, 0) is 45.7 Å². The molecule has 1 aromatic rings. The zero-order chi connectivity index (χ0) is 17.8. The van der Waals surface area contributed by atoms with Gasteiger partial charge < -0.3 is 20.1 Å². The fourth-order valence-corrected chi connectivity index (χ4v) is 2.02. The van der Waals surface area contributed by atoms with Crippen molar-refractivity contribution in [3.05, 3.63) is 35.4 Å². The summed E-state index contributed by atoms with van der Waals surface area (Å²) in [6, 6.07) is 8.39. The molecule has 0 saturated carbocycles. The molecule has 0 unspecified atom stereocenters. The predicted molar refractivity (Wildman–Crippen MR) is 100 cm³/mol. The number of hydrogen-bond acceptors (Lipinski definition) is 3. The summed E-state index contributed by atoms with van der Waals surface area (Å²) in [4.78, 5) is 4.63. The molecular weight excluding hydrogens is 302 g/mol. The Labute approximate surface area is 146 Å². The number of nitrogens with zero attached hydrogens (tertiary/aromatic N) is 1. The van der Waals surface area contributed by atoms with Crippen LogP contribution in [0.15, 0.2) is 29.3 Å². The second-order valence-corrected chi connectivity index (χ2v) is 6.54. The van der Waals surface area contributed by atoms with Gasteiger partial charge in [-0.15, -0.1) is 0 Å². The summed E-state index contributed by atoms with van der Waals surface area (Å²) >= 11 is 0. The molecule has 0 aliphatic rings. The van der Waals surface area contributed by atoms with Crippen LogP contribution in [0.4, 0.5) is 0 Å². The van der Waals surface area contributed by atoms with Crippen molar-refractivity contribution in [2.24, 2.45) is 4.99 Å². The number of ether oxygens (including phenoxy) is 2. The van der Waals surface area contributed by atoms with E-state index >= 15 is 0 Å². The topological polar surface area (TPSA) is 54.9 Å². The van der Waals surface area contributed by atoms with Crippen molar-refractivity contribution in [2.75, 3.05) is 26.3 Å². The maximum atomic E-state index is 5.84. The number of rotatable bonds is 9. The highest BCUT2D eigenvalue weighted by atomic mass is 16.5. The Kier molecular flexibility index (Phi) is 9.42. The van der Waals surface area contributed by atoms with Crippen molar-refractivity contribution in [2.45, 2.75) is 53.4 Å². The van der Waals surface area contributed by atoms with Gasteiger partial charge in [-0.2, -0.15) is 0 Å². The molecule has 2 N–H and O–H groups in total. The van der Waals surface area contributed by atoms with E-state index < -0.39 is 0 Å². The lowest BCUT2D eigenvalue weighted by Gasteiger charge is -2.19. The Morgan fingerprint density at radius 2 is 1.88 bits per heavy atom. The smallest absolute Gasteiger partial charge is 0.191 e. The minimum atomic E-state index is -0.128. The van der Waals surface area contributed by atoms with Crippen LogP contribution >= 0.6 is 0 Å². The Morgan fingerprint density at radius 1 is 1.12 bits per heavy atom. The van der Waals surface area contributed by atoms with Gasteiger partial charge in [0.15, 0.2) is 5.96 Å². The second kappa shape index (κ2) is 11.0. The normalized spacial score (nSPS) is 12.3. The van der Waals surface area contributed by atoms with Crippen molar-refractivity contribution >= 4 is 5.96 Å². The fraction of sp³-hybridized carbons (Fsp3) is 0.632. The first-order valence-electron chi connectivity index (χ1n) is 8.76. The van der Waals surface area contributed by atoms with E-state index in [-0.39, 0.29) is 5.60 Å². The van der Waals surface area contributed by atoms with E-state index in [1.807, 2.05) is 6.92 Å². The third-order valence-corrected chi connectivity index (χ3v) is 3.17. The second-order valence-electron chi connectivity index (χ2n) is 6.54. The van der Waals surface area contributed by atoms with Gasteiger partial charge >= 0.3 is 0 Å².